The Bertz CT molecular complexity index is 476. The molecule has 3 rings (SSSR count). The van der Waals surface area contributed by atoms with Crippen LogP contribution in [0.15, 0.2) is 29.0 Å². The number of hydrogen-bond donors (Lipinski definition) is 1. The molecule has 5 nitrogen and oxygen atoms in total. The third-order valence-electron chi connectivity index (χ3n) is 3.03. The van der Waals surface area contributed by atoms with Gasteiger partial charge in [-0.25, -0.2) is 0 Å². The maximum atomic E-state index is 5.34. The number of nitrogens with zero attached hydrogens (tertiary/aromatic N) is 3. The molecule has 1 N–H and O–H groups in total. The van der Waals surface area contributed by atoms with E-state index in [9.17, 15) is 0 Å². The Morgan fingerprint density at radius 1 is 1.29 bits per heavy atom. The zero-order chi connectivity index (χ0) is 11.5. The van der Waals surface area contributed by atoms with Gasteiger partial charge in [-0.05, 0) is 31.5 Å². The summed E-state index contributed by atoms with van der Waals surface area (Å²) in [5.74, 6) is 1.74. The Hall–Kier alpha value is -1.75. The third-order valence-corrected chi connectivity index (χ3v) is 3.03. The number of hydrogen-bond acceptors (Lipinski definition) is 5. The van der Waals surface area contributed by atoms with Crippen molar-refractivity contribution in [2.75, 3.05) is 13.1 Å². The lowest BCUT2D eigenvalue weighted by Gasteiger charge is -2.18. The number of rotatable bonds is 2. The molecule has 3 heterocycles. The topological polar surface area (TPSA) is 63.8 Å². The molecule has 0 bridgehead atoms. The maximum Gasteiger partial charge on any atom is 0.231 e. The van der Waals surface area contributed by atoms with Crippen molar-refractivity contribution in [3.8, 4) is 11.4 Å². The fourth-order valence-electron chi connectivity index (χ4n) is 2.08. The molecular weight excluding hydrogens is 216 g/mol. The van der Waals surface area contributed by atoms with Crippen molar-refractivity contribution < 1.29 is 4.52 Å². The van der Waals surface area contributed by atoms with Gasteiger partial charge in [0.15, 0.2) is 0 Å². The van der Waals surface area contributed by atoms with Crippen LogP contribution in [0.3, 0.4) is 0 Å². The molecule has 1 saturated heterocycles. The van der Waals surface area contributed by atoms with Crippen LogP contribution < -0.4 is 5.32 Å². The van der Waals surface area contributed by atoms with E-state index in [1.807, 2.05) is 12.1 Å². The van der Waals surface area contributed by atoms with E-state index in [-0.39, 0.29) is 0 Å². The summed E-state index contributed by atoms with van der Waals surface area (Å²) in [4.78, 5) is 8.43. The molecule has 0 radical (unpaired) electrons. The predicted molar refractivity (Wildman–Crippen MR) is 62.4 cm³/mol. The van der Waals surface area contributed by atoms with E-state index in [0.717, 1.165) is 37.4 Å². The maximum absolute atomic E-state index is 5.34. The smallest absolute Gasteiger partial charge is 0.231 e. The quantitative estimate of drug-likeness (QED) is 0.849. The molecule has 0 aliphatic carbocycles. The van der Waals surface area contributed by atoms with E-state index in [0.29, 0.717) is 11.7 Å². The fourth-order valence-corrected chi connectivity index (χ4v) is 2.08. The number of aromatic nitrogens is 3. The van der Waals surface area contributed by atoms with E-state index in [2.05, 4.69) is 20.4 Å². The molecule has 0 unspecified atom stereocenters. The van der Waals surface area contributed by atoms with Crippen LogP contribution in [0.4, 0.5) is 0 Å². The lowest BCUT2D eigenvalue weighted by molar-refractivity contribution is 0.322. The van der Waals surface area contributed by atoms with Crippen LogP contribution in [0.5, 0.6) is 0 Å². The Morgan fingerprint density at radius 3 is 2.94 bits per heavy atom. The van der Waals surface area contributed by atoms with Crippen molar-refractivity contribution in [1.29, 1.82) is 0 Å². The standard InChI is InChI=1S/C12H14N4O/c1-2-10(8-14-5-1)12-15-11(16-17-12)9-3-6-13-7-4-9/h3-4,6-7,10,14H,1-2,5,8H2/t10-/m0/s1. The van der Waals surface area contributed by atoms with Crippen LogP contribution in [0.25, 0.3) is 11.4 Å². The molecule has 17 heavy (non-hydrogen) atoms. The van der Waals surface area contributed by atoms with Crippen molar-refractivity contribution in [2.24, 2.45) is 0 Å². The van der Waals surface area contributed by atoms with Crippen LogP contribution in [0.1, 0.15) is 24.7 Å². The molecule has 1 aliphatic rings. The van der Waals surface area contributed by atoms with Crippen LogP contribution in [0, 0.1) is 0 Å². The van der Waals surface area contributed by atoms with Crippen molar-refractivity contribution in [3.05, 3.63) is 30.4 Å². The highest BCUT2D eigenvalue weighted by Gasteiger charge is 2.21. The van der Waals surface area contributed by atoms with Crippen LogP contribution in [-0.2, 0) is 0 Å². The molecule has 88 valence electrons. The summed E-state index contributed by atoms with van der Waals surface area (Å²) in [6.07, 6.45) is 5.74. The average molecular weight is 230 g/mol. The molecule has 2 aromatic heterocycles. The Kier molecular flexibility index (Phi) is 2.83. The Labute approximate surface area is 99.3 Å². The Balaban J connectivity index is 1.83. The van der Waals surface area contributed by atoms with Gasteiger partial charge in [0, 0.05) is 24.5 Å². The highest BCUT2D eigenvalue weighted by molar-refractivity contribution is 5.52. The van der Waals surface area contributed by atoms with Crippen molar-refractivity contribution >= 4 is 0 Å². The lowest BCUT2D eigenvalue weighted by atomic mass is 10.00. The zero-order valence-corrected chi connectivity index (χ0v) is 9.47. The number of piperidine rings is 1. The van der Waals surface area contributed by atoms with Gasteiger partial charge in [0.05, 0.1) is 5.92 Å². The number of pyridine rings is 1. The second-order valence-electron chi connectivity index (χ2n) is 4.24. The summed E-state index contributed by atoms with van der Waals surface area (Å²) in [7, 11) is 0. The normalized spacial score (nSPS) is 20.4. The first kappa shape index (κ1) is 10.4. The SMILES string of the molecule is c1cc(-c2noc([C@H]3CCCNC3)n2)ccn1. The second kappa shape index (κ2) is 4.63. The van der Waals surface area contributed by atoms with E-state index in [4.69, 9.17) is 4.52 Å². The van der Waals surface area contributed by atoms with Gasteiger partial charge in [-0.3, -0.25) is 4.98 Å². The largest absolute Gasteiger partial charge is 0.339 e. The molecule has 0 spiro atoms. The van der Waals surface area contributed by atoms with Gasteiger partial charge in [-0.1, -0.05) is 5.16 Å². The molecular formula is C12H14N4O. The summed E-state index contributed by atoms with van der Waals surface area (Å²) in [6, 6.07) is 3.77. The minimum atomic E-state index is 0.354. The first-order valence-electron chi connectivity index (χ1n) is 5.88. The highest BCUT2D eigenvalue weighted by atomic mass is 16.5. The lowest BCUT2D eigenvalue weighted by Crippen LogP contribution is -2.28. The average Bonchev–Trinajstić information content (AvgIpc) is 2.90. The van der Waals surface area contributed by atoms with Gasteiger partial charge >= 0.3 is 0 Å². The second-order valence-corrected chi connectivity index (χ2v) is 4.24. The molecule has 2 aromatic rings. The first-order chi connectivity index (χ1) is 8.43. The van der Waals surface area contributed by atoms with E-state index in [1.54, 1.807) is 12.4 Å². The zero-order valence-electron chi connectivity index (χ0n) is 9.47. The van der Waals surface area contributed by atoms with Gasteiger partial charge < -0.3 is 9.84 Å². The van der Waals surface area contributed by atoms with Gasteiger partial charge in [-0.15, -0.1) is 0 Å². The number of nitrogens with one attached hydrogen (secondary N) is 1. The van der Waals surface area contributed by atoms with Crippen LogP contribution in [0.2, 0.25) is 0 Å². The molecule has 0 saturated carbocycles. The van der Waals surface area contributed by atoms with Crippen LogP contribution in [-0.4, -0.2) is 28.2 Å². The van der Waals surface area contributed by atoms with Gasteiger partial charge in [0.1, 0.15) is 0 Å². The third kappa shape index (κ3) is 2.19. The van der Waals surface area contributed by atoms with Crippen molar-refractivity contribution in [1.82, 2.24) is 20.4 Å². The summed E-state index contributed by atoms with van der Waals surface area (Å²) in [5.41, 5.74) is 0.943. The van der Waals surface area contributed by atoms with E-state index >= 15 is 0 Å². The predicted octanol–water partition coefficient (Wildman–Crippen LogP) is 1.60. The molecule has 5 heteroatoms. The first-order valence-corrected chi connectivity index (χ1v) is 5.88. The Morgan fingerprint density at radius 2 is 2.18 bits per heavy atom. The van der Waals surface area contributed by atoms with Gasteiger partial charge in [0.25, 0.3) is 0 Å². The fraction of sp³-hybridized carbons (Fsp3) is 0.417. The summed E-state index contributed by atoms with van der Waals surface area (Å²) in [5, 5.41) is 7.36. The van der Waals surface area contributed by atoms with Gasteiger partial charge in [-0.2, -0.15) is 4.98 Å². The summed E-state index contributed by atoms with van der Waals surface area (Å²) < 4.78 is 5.34. The monoisotopic (exact) mass is 230 g/mol. The summed E-state index contributed by atoms with van der Waals surface area (Å²) >= 11 is 0. The molecule has 0 amide bonds. The molecule has 0 aromatic carbocycles. The van der Waals surface area contributed by atoms with Gasteiger partial charge in [0.2, 0.25) is 11.7 Å². The van der Waals surface area contributed by atoms with E-state index < -0.39 is 0 Å². The molecule has 1 atom stereocenters. The highest BCUT2D eigenvalue weighted by Crippen LogP contribution is 2.23. The minimum Gasteiger partial charge on any atom is -0.339 e. The van der Waals surface area contributed by atoms with E-state index in [1.165, 1.54) is 0 Å². The minimum absolute atomic E-state index is 0.354. The van der Waals surface area contributed by atoms with Crippen LogP contribution >= 0.6 is 0 Å². The van der Waals surface area contributed by atoms with Crippen molar-refractivity contribution in [3.63, 3.8) is 0 Å². The molecule has 1 fully saturated rings. The summed E-state index contributed by atoms with van der Waals surface area (Å²) in [6.45, 7) is 2.01. The molecule has 1 aliphatic heterocycles. The van der Waals surface area contributed by atoms with Crippen molar-refractivity contribution in [2.45, 2.75) is 18.8 Å².